The molecule has 34 heavy (non-hydrogen) atoms. The van der Waals surface area contributed by atoms with Crippen molar-refractivity contribution in [1.29, 1.82) is 0 Å². The molecule has 5 heteroatoms. The zero-order valence-electron chi connectivity index (χ0n) is 21.9. The maximum atomic E-state index is 12.7. The molecule has 4 rings (SSSR count). The van der Waals surface area contributed by atoms with E-state index in [4.69, 9.17) is 16.2 Å². The molecule has 1 aromatic rings. The average molecular weight is 468 g/mol. The van der Waals surface area contributed by atoms with E-state index in [1.165, 1.54) is 48.8 Å². The molecular formula is C29H45N3O2. The molecule has 188 valence electrons. The number of nitrogens with two attached hydrogens (primary N) is 2. The minimum absolute atomic E-state index is 0.205. The lowest BCUT2D eigenvalue weighted by molar-refractivity contribution is -0.136. The molecular weight excluding hydrogens is 422 g/mol. The third kappa shape index (κ3) is 4.25. The van der Waals surface area contributed by atoms with Crippen molar-refractivity contribution in [1.82, 2.24) is 5.32 Å². The molecule has 0 bridgehead atoms. The van der Waals surface area contributed by atoms with Gasteiger partial charge in [-0.25, -0.2) is 4.79 Å². The lowest BCUT2D eigenvalue weighted by Crippen LogP contribution is -2.55. The molecule has 0 heterocycles. The van der Waals surface area contributed by atoms with Gasteiger partial charge in [-0.15, -0.1) is 0 Å². The van der Waals surface area contributed by atoms with Gasteiger partial charge in [0.2, 0.25) is 0 Å². The highest BCUT2D eigenvalue weighted by Crippen LogP contribution is 2.67. The number of rotatable bonds is 7. The van der Waals surface area contributed by atoms with Gasteiger partial charge < -0.3 is 21.5 Å². The second-order valence-electron chi connectivity index (χ2n) is 12.5. The van der Waals surface area contributed by atoms with E-state index in [0.717, 1.165) is 18.8 Å². The average Bonchev–Trinajstić information content (AvgIpc) is 3.04. The van der Waals surface area contributed by atoms with Crippen molar-refractivity contribution in [2.75, 3.05) is 6.54 Å². The maximum absolute atomic E-state index is 12.7. The summed E-state index contributed by atoms with van der Waals surface area (Å²) in [6, 6.07) is 3.53. The molecule has 5 atom stereocenters. The van der Waals surface area contributed by atoms with Crippen LogP contribution in [0, 0.1) is 29.6 Å². The Morgan fingerprint density at radius 2 is 1.94 bits per heavy atom. The van der Waals surface area contributed by atoms with E-state index in [1.54, 1.807) is 0 Å². The molecule has 0 aromatic heterocycles. The van der Waals surface area contributed by atoms with Crippen molar-refractivity contribution in [2.45, 2.75) is 97.4 Å². The molecule has 1 unspecified atom stereocenters. The molecule has 3 aliphatic rings. The summed E-state index contributed by atoms with van der Waals surface area (Å²) < 4.78 is 5.79. The normalized spacial score (nSPS) is 32.2. The van der Waals surface area contributed by atoms with Gasteiger partial charge in [-0.3, -0.25) is 0 Å². The fourth-order valence-corrected chi connectivity index (χ4v) is 8.37. The Morgan fingerprint density at radius 3 is 2.65 bits per heavy atom. The predicted octanol–water partition coefficient (Wildman–Crippen LogP) is 5.08. The summed E-state index contributed by atoms with van der Waals surface area (Å²) in [5, 5.41) is 2.96. The molecule has 0 spiro atoms. The zero-order valence-corrected chi connectivity index (χ0v) is 21.9. The van der Waals surface area contributed by atoms with Crippen molar-refractivity contribution in [3.63, 3.8) is 0 Å². The standard InChI is InChI=1S/C29H45N3O2/c1-18-15-21(34-26(33)22(31)9-7-14-32-19(2)30)16-20-17-24-28(5)12-8-11-27(3,4)23(28)10-13-29(24,6)25(18)20/h15-16,22-24,32H,2,7-14,17,30-31H2,1,3-6H3/t22?,23-,24+,28-,29-/m0/s1. The van der Waals surface area contributed by atoms with Crippen molar-refractivity contribution >= 4 is 5.97 Å². The molecule has 1 aromatic carbocycles. The lowest BCUT2D eigenvalue weighted by Gasteiger charge is -2.61. The molecule has 5 N–H and O–H groups in total. The second kappa shape index (κ2) is 8.89. The van der Waals surface area contributed by atoms with Gasteiger partial charge in [-0.2, -0.15) is 0 Å². The molecule has 0 aliphatic heterocycles. The SMILES string of the molecule is C=C(N)NCCCC(N)C(=O)Oc1cc(C)c2c(c1)C[C@@H]1[C@@]3(C)CCCC(C)(C)[C@@H]3CC[C@]21C. The Hall–Kier alpha value is -2.01. The third-order valence-electron chi connectivity index (χ3n) is 9.74. The largest absolute Gasteiger partial charge is 0.425 e. The Kier molecular flexibility index (Phi) is 6.56. The number of hydrogen-bond acceptors (Lipinski definition) is 5. The smallest absolute Gasteiger partial charge is 0.328 e. The van der Waals surface area contributed by atoms with Gasteiger partial charge in [0.05, 0.1) is 5.82 Å². The number of carbonyl (C=O) groups is 1. The van der Waals surface area contributed by atoms with Crippen LogP contribution >= 0.6 is 0 Å². The summed E-state index contributed by atoms with van der Waals surface area (Å²) in [6.45, 7) is 16.5. The summed E-state index contributed by atoms with van der Waals surface area (Å²) in [7, 11) is 0. The summed E-state index contributed by atoms with van der Waals surface area (Å²) in [5.74, 6) is 2.12. The fourth-order valence-electron chi connectivity index (χ4n) is 8.37. The van der Waals surface area contributed by atoms with Crippen molar-refractivity contribution in [3.8, 4) is 5.75 Å². The number of esters is 1. The zero-order chi connectivity index (χ0) is 24.9. The third-order valence-corrected chi connectivity index (χ3v) is 9.74. The van der Waals surface area contributed by atoms with Gasteiger partial charge in [0.15, 0.2) is 0 Å². The first-order valence-electron chi connectivity index (χ1n) is 13.2. The monoisotopic (exact) mass is 467 g/mol. The lowest BCUT2D eigenvalue weighted by atomic mass is 9.43. The van der Waals surface area contributed by atoms with Crippen LogP contribution in [0.1, 0.15) is 89.3 Å². The molecule has 0 saturated heterocycles. The highest BCUT2D eigenvalue weighted by Gasteiger charge is 2.61. The summed E-state index contributed by atoms with van der Waals surface area (Å²) in [5.41, 5.74) is 16.7. The van der Waals surface area contributed by atoms with Crippen molar-refractivity contribution < 1.29 is 9.53 Å². The van der Waals surface area contributed by atoms with Gasteiger partial charge in [0, 0.05) is 6.54 Å². The van der Waals surface area contributed by atoms with E-state index in [2.05, 4.69) is 58.6 Å². The summed E-state index contributed by atoms with van der Waals surface area (Å²) in [4.78, 5) is 12.7. The Morgan fingerprint density at radius 1 is 1.21 bits per heavy atom. The minimum atomic E-state index is -0.648. The van der Waals surface area contributed by atoms with Crippen molar-refractivity contribution in [2.24, 2.45) is 34.1 Å². The molecule has 5 nitrogen and oxygen atoms in total. The number of fused-ring (bicyclic) bond motifs is 5. The summed E-state index contributed by atoms with van der Waals surface area (Å²) >= 11 is 0. The molecule has 3 aliphatic carbocycles. The number of nitrogens with one attached hydrogen (secondary N) is 1. The Labute approximate surface area is 206 Å². The van der Waals surface area contributed by atoms with E-state index in [0.29, 0.717) is 41.3 Å². The van der Waals surface area contributed by atoms with E-state index in [9.17, 15) is 4.79 Å². The molecule has 0 amide bonds. The predicted molar refractivity (Wildman–Crippen MR) is 138 cm³/mol. The highest BCUT2D eigenvalue weighted by molar-refractivity contribution is 5.78. The van der Waals surface area contributed by atoms with Crippen LogP contribution in [-0.2, 0) is 16.6 Å². The van der Waals surface area contributed by atoms with Gasteiger partial charge in [-0.1, -0.05) is 40.7 Å². The van der Waals surface area contributed by atoms with Crippen LogP contribution in [0.2, 0.25) is 0 Å². The minimum Gasteiger partial charge on any atom is -0.425 e. The highest BCUT2D eigenvalue weighted by atomic mass is 16.5. The topological polar surface area (TPSA) is 90.4 Å². The van der Waals surface area contributed by atoms with E-state index >= 15 is 0 Å². The quantitative estimate of drug-likeness (QED) is 0.295. The van der Waals surface area contributed by atoms with Crippen LogP contribution in [0.15, 0.2) is 24.5 Å². The van der Waals surface area contributed by atoms with Crippen LogP contribution in [0.5, 0.6) is 5.75 Å². The number of benzene rings is 1. The van der Waals surface area contributed by atoms with Gasteiger partial charge >= 0.3 is 5.97 Å². The van der Waals surface area contributed by atoms with Crippen LogP contribution < -0.4 is 21.5 Å². The second-order valence-corrected chi connectivity index (χ2v) is 12.5. The maximum Gasteiger partial charge on any atom is 0.328 e. The molecule has 0 radical (unpaired) electrons. The number of hydrogen-bond donors (Lipinski definition) is 3. The van der Waals surface area contributed by atoms with Crippen LogP contribution in [0.25, 0.3) is 0 Å². The van der Waals surface area contributed by atoms with Gasteiger partial charge in [-0.05, 0) is 109 Å². The Bertz CT molecular complexity index is 970. The number of carbonyl (C=O) groups excluding carboxylic acids is 1. The van der Waals surface area contributed by atoms with Crippen LogP contribution in [-0.4, -0.2) is 18.6 Å². The molecule has 2 fully saturated rings. The fraction of sp³-hybridized carbons (Fsp3) is 0.690. The van der Waals surface area contributed by atoms with E-state index < -0.39 is 6.04 Å². The number of aryl methyl sites for hydroxylation is 1. The van der Waals surface area contributed by atoms with Gasteiger partial charge in [0.25, 0.3) is 0 Å². The van der Waals surface area contributed by atoms with Gasteiger partial charge in [0.1, 0.15) is 11.8 Å². The first-order chi connectivity index (χ1) is 15.9. The molecule has 2 saturated carbocycles. The van der Waals surface area contributed by atoms with Crippen molar-refractivity contribution in [3.05, 3.63) is 41.2 Å². The summed E-state index contributed by atoms with van der Waals surface area (Å²) in [6.07, 6.45) is 8.93. The van der Waals surface area contributed by atoms with E-state index in [-0.39, 0.29) is 11.4 Å². The van der Waals surface area contributed by atoms with Crippen LogP contribution in [0.4, 0.5) is 0 Å². The van der Waals surface area contributed by atoms with Crippen LogP contribution in [0.3, 0.4) is 0 Å². The number of ether oxygens (including phenoxy) is 1. The first kappa shape index (κ1) is 25.1. The van der Waals surface area contributed by atoms with E-state index in [1.807, 2.05) is 0 Å². The Balaban J connectivity index is 1.51. The first-order valence-corrected chi connectivity index (χ1v) is 13.2.